The van der Waals surface area contributed by atoms with Gasteiger partial charge in [-0.3, -0.25) is 4.79 Å². The van der Waals surface area contributed by atoms with Crippen LogP contribution in [0.25, 0.3) is 0 Å². The van der Waals surface area contributed by atoms with E-state index in [2.05, 4.69) is 11.4 Å². The molecule has 1 atom stereocenters. The predicted octanol–water partition coefficient (Wildman–Crippen LogP) is 4.57. The molecule has 0 fully saturated rings. The van der Waals surface area contributed by atoms with Gasteiger partial charge < -0.3 is 14.8 Å². The molecule has 0 aliphatic rings. The fourth-order valence-electron chi connectivity index (χ4n) is 2.32. The Kier molecular flexibility index (Phi) is 6.97. The van der Waals surface area contributed by atoms with Gasteiger partial charge in [-0.2, -0.15) is 0 Å². The fraction of sp³-hybridized carbons (Fsp3) is 0.316. The summed E-state index contributed by atoms with van der Waals surface area (Å²) in [5.74, 6) is 0.972. The summed E-state index contributed by atoms with van der Waals surface area (Å²) in [6, 6.07) is 10.9. The van der Waals surface area contributed by atoms with E-state index in [0.29, 0.717) is 28.9 Å². The van der Waals surface area contributed by atoms with Gasteiger partial charge in [-0.1, -0.05) is 29.3 Å². The van der Waals surface area contributed by atoms with Gasteiger partial charge in [0.1, 0.15) is 18.1 Å². The van der Waals surface area contributed by atoms with E-state index < -0.39 is 6.10 Å². The van der Waals surface area contributed by atoms with Gasteiger partial charge in [-0.15, -0.1) is 0 Å². The number of carbonyl (C=O) groups is 1. The first-order chi connectivity index (χ1) is 11.8. The van der Waals surface area contributed by atoms with E-state index in [-0.39, 0.29) is 5.91 Å². The summed E-state index contributed by atoms with van der Waals surface area (Å²) >= 11 is 11.9. The summed E-state index contributed by atoms with van der Waals surface area (Å²) in [7, 11) is 0. The molecule has 0 saturated carbocycles. The van der Waals surface area contributed by atoms with Gasteiger partial charge in [0.15, 0.2) is 6.10 Å². The molecule has 1 amide bonds. The number of benzene rings is 2. The van der Waals surface area contributed by atoms with Crippen LogP contribution in [0.1, 0.15) is 18.1 Å². The zero-order valence-corrected chi connectivity index (χ0v) is 15.9. The van der Waals surface area contributed by atoms with Crippen LogP contribution in [-0.2, 0) is 4.79 Å². The van der Waals surface area contributed by atoms with Crippen LogP contribution in [0.15, 0.2) is 36.4 Å². The Bertz CT molecular complexity index is 729. The molecule has 2 aromatic rings. The van der Waals surface area contributed by atoms with Gasteiger partial charge in [-0.25, -0.2) is 0 Å². The molecule has 1 unspecified atom stereocenters. The Morgan fingerprint density at radius 1 is 1.12 bits per heavy atom. The Morgan fingerprint density at radius 3 is 2.44 bits per heavy atom. The summed E-state index contributed by atoms with van der Waals surface area (Å²) in [4.78, 5) is 12.1. The molecule has 134 valence electrons. The van der Waals surface area contributed by atoms with Crippen LogP contribution in [0.2, 0.25) is 10.0 Å². The van der Waals surface area contributed by atoms with Crippen molar-refractivity contribution in [1.29, 1.82) is 0 Å². The Balaban J connectivity index is 1.77. The summed E-state index contributed by atoms with van der Waals surface area (Å²) in [5, 5.41) is 3.65. The van der Waals surface area contributed by atoms with Crippen LogP contribution in [-0.4, -0.2) is 25.2 Å². The first-order valence-corrected chi connectivity index (χ1v) is 8.71. The summed E-state index contributed by atoms with van der Waals surface area (Å²) < 4.78 is 11.2. The number of aryl methyl sites for hydroxylation is 2. The molecule has 0 aliphatic carbocycles. The Labute approximate surface area is 158 Å². The molecule has 0 aliphatic heterocycles. The summed E-state index contributed by atoms with van der Waals surface area (Å²) in [6.45, 7) is 6.45. The second-order valence-electron chi connectivity index (χ2n) is 5.80. The normalized spacial score (nSPS) is 11.7. The molecular weight excluding hydrogens is 361 g/mol. The predicted molar refractivity (Wildman–Crippen MR) is 101 cm³/mol. The molecule has 0 spiro atoms. The average molecular weight is 382 g/mol. The van der Waals surface area contributed by atoms with Gasteiger partial charge >= 0.3 is 0 Å². The van der Waals surface area contributed by atoms with Crippen molar-refractivity contribution in [1.82, 2.24) is 5.32 Å². The van der Waals surface area contributed by atoms with E-state index >= 15 is 0 Å². The van der Waals surface area contributed by atoms with Crippen molar-refractivity contribution in [2.75, 3.05) is 13.2 Å². The highest BCUT2D eigenvalue weighted by atomic mass is 35.5. The van der Waals surface area contributed by atoms with Crippen molar-refractivity contribution < 1.29 is 14.3 Å². The lowest BCUT2D eigenvalue weighted by atomic mass is 10.1. The molecule has 1 N–H and O–H groups in total. The quantitative estimate of drug-likeness (QED) is 0.714. The summed E-state index contributed by atoms with van der Waals surface area (Å²) in [6.07, 6.45) is -0.681. The molecule has 0 saturated heterocycles. The fourth-order valence-corrected chi connectivity index (χ4v) is 2.77. The number of nitrogens with one attached hydrogen (secondary N) is 1. The van der Waals surface area contributed by atoms with Crippen LogP contribution in [0, 0.1) is 13.8 Å². The molecule has 2 rings (SSSR count). The van der Waals surface area contributed by atoms with E-state index in [1.54, 1.807) is 25.1 Å². The zero-order valence-electron chi connectivity index (χ0n) is 14.4. The molecule has 0 bridgehead atoms. The monoisotopic (exact) mass is 381 g/mol. The van der Waals surface area contributed by atoms with Crippen LogP contribution < -0.4 is 14.8 Å². The number of hydrogen-bond acceptors (Lipinski definition) is 3. The van der Waals surface area contributed by atoms with Gasteiger partial charge in [0.05, 0.1) is 11.6 Å². The maximum absolute atomic E-state index is 12.1. The molecule has 6 heteroatoms. The van der Waals surface area contributed by atoms with Crippen LogP contribution in [0.3, 0.4) is 0 Å². The van der Waals surface area contributed by atoms with Crippen LogP contribution in [0.4, 0.5) is 0 Å². The van der Waals surface area contributed by atoms with Gasteiger partial charge in [0.25, 0.3) is 5.91 Å². The second kappa shape index (κ2) is 8.97. The lowest BCUT2D eigenvalue weighted by Crippen LogP contribution is -2.38. The highest BCUT2D eigenvalue weighted by Gasteiger charge is 2.15. The highest BCUT2D eigenvalue weighted by Crippen LogP contribution is 2.28. The van der Waals surface area contributed by atoms with Crippen LogP contribution in [0.5, 0.6) is 11.5 Å². The first-order valence-electron chi connectivity index (χ1n) is 7.95. The lowest BCUT2D eigenvalue weighted by molar-refractivity contribution is -0.127. The number of amides is 1. The third-order valence-corrected chi connectivity index (χ3v) is 3.96. The number of halogens is 2. The van der Waals surface area contributed by atoms with Crippen molar-refractivity contribution in [2.45, 2.75) is 26.9 Å². The minimum atomic E-state index is -0.681. The molecule has 25 heavy (non-hydrogen) atoms. The maximum atomic E-state index is 12.1. The minimum absolute atomic E-state index is 0.241. The van der Waals surface area contributed by atoms with Gasteiger partial charge in [-0.05, 0) is 62.2 Å². The first kappa shape index (κ1) is 19.4. The smallest absolute Gasteiger partial charge is 0.260 e. The lowest BCUT2D eigenvalue weighted by Gasteiger charge is -2.16. The van der Waals surface area contributed by atoms with Gasteiger partial charge in [0, 0.05) is 5.02 Å². The van der Waals surface area contributed by atoms with E-state index in [9.17, 15) is 4.79 Å². The minimum Gasteiger partial charge on any atom is -0.492 e. The average Bonchev–Trinajstić information content (AvgIpc) is 2.53. The topological polar surface area (TPSA) is 47.6 Å². The zero-order chi connectivity index (χ0) is 18.4. The molecular formula is C19H21Cl2NO3. The molecule has 2 aromatic carbocycles. The maximum Gasteiger partial charge on any atom is 0.260 e. The Hall–Kier alpha value is -1.91. The number of carbonyl (C=O) groups excluding carboxylic acids is 1. The third kappa shape index (κ3) is 6.15. The number of rotatable bonds is 7. The van der Waals surface area contributed by atoms with Crippen LogP contribution >= 0.6 is 23.2 Å². The molecule has 0 aromatic heterocycles. The van der Waals surface area contributed by atoms with Gasteiger partial charge in [0.2, 0.25) is 0 Å². The standard InChI is InChI=1S/C19H21Cl2NO3/c1-12-8-13(2)10-16(9-12)24-7-6-22-19(23)14(3)25-18-5-4-15(20)11-17(18)21/h4-5,8-11,14H,6-7H2,1-3H3,(H,22,23). The number of hydrogen-bond donors (Lipinski definition) is 1. The molecule has 0 radical (unpaired) electrons. The van der Waals surface area contributed by atoms with E-state index in [4.69, 9.17) is 32.7 Å². The SMILES string of the molecule is Cc1cc(C)cc(OCCNC(=O)C(C)Oc2ccc(Cl)cc2Cl)c1. The molecule has 4 nitrogen and oxygen atoms in total. The highest BCUT2D eigenvalue weighted by molar-refractivity contribution is 6.35. The van der Waals surface area contributed by atoms with Crippen molar-refractivity contribution in [3.63, 3.8) is 0 Å². The van der Waals surface area contributed by atoms with Crippen molar-refractivity contribution in [3.8, 4) is 11.5 Å². The van der Waals surface area contributed by atoms with E-state index in [0.717, 1.165) is 16.9 Å². The second-order valence-corrected chi connectivity index (χ2v) is 6.64. The van der Waals surface area contributed by atoms with E-state index in [1.165, 1.54) is 0 Å². The summed E-state index contributed by atoms with van der Waals surface area (Å²) in [5.41, 5.74) is 2.28. The largest absolute Gasteiger partial charge is 0.492 e. The third-order valence-electron chi connectivity index (χ3n) is 3.43. The van der Waals surface area contributed by atoms with Crippen molar-refractivity contribution >= 4 is 29.1 Å². The van der Waals surface area contributed by atoms with Crippen molar-refractivity contribution in [2.24, 2.45) is 0 Å². The Morgan fingerprint density at radius 2 is 1.80 bits per heavy atom. The number of ether oxygens (including phenoxy) is 2. The van der Waals surface area contributed by atoms with Crippen molar-refractivity contribution in [3.05, 3.63) is 57.6 Å². The molecule has 0 heterocycles. The van der Waals surface area contributed by atoms with E-state index in [1.807, 2.05) is 26.0 Å².